The van der Waals surface area contributed by atoms with Crippen LogP contribution >= 0.6 is 0 Å². The van der Waals surface area contributed by atoms with Gasteiger partial charge in [0.05, 0.1) is 5.56 Å². The summed E-state index contributed by atoms with van der Waals surface area (Å²) in [6.45, 7) is 5.72. The molecule has 0 aliphatic carbocycles. The van der Waals surface area contributed by atoms with Crippen molar-refractivity contribution < 1.29 is 18.0 Å². The second-order valence-corrected chi connectivity index (χ2v) is 8.26. The van der Waals surface area contributed by atoms with E-state index in [1.807, 2.05) is 24.3 Å². The van der Waals surface area contributed by atoms with Gasteiger partial charge in [0.25, 0.3) is 15.9 Å². The van der Waals surface area contributed by atoms with E-state index in [1.54, 1.807) is 12.1 Å². The fourth-order valence-electron chi connectivity index (χ4n) is 3.19. The van der Waals surface area contributed by atoms with Gasteiger partial charge in [0.15, 0.2) is 0 Å². The number of rotatable bonds is 7. The number of anilines is 1. The van der Waals surface area contributed by atoms with E-state index in [1.165, 1.54) is 12.1 Å². The molecule has 1 N–H and O–H groups in total. The monoisotopic (exact) mass is 401 g/mol. The fourth-order valence-corrected chi connectivity index (χ4v) is 4.71. The molecule has 0 aromatic heterocycles. The number of hydrogen-bond acceptors (Lipinski definition) is 5. The zero-order valence-corrected chi connectivity index (χ0v) is 16.7. The fraction of sp³-hybridized carbons (Fsp3) is 0.300. The van der Waals surface area contributed by atoms with Crippen molar-refractivity contribution in [2.24, 2.45) is 0 Å². The molecule has 0 fully saturated rings. The molecule has 0 atom stereocenters. The Labute approximate surface area is 165 Å². The van der Waals surface area contributed by atoms with E-state index in [-0.39, 0.29) is 17.0 Å². The molecule has 0 bridgehead atoms. The Balaban J connectivity index is 1.62. The van der Waals surface area contributed by atoms with Gasteiger partial charge >= 0.3 is 0 Å². The third-order valence-electron chi connectivity index (χ3n) is 4.75. The summed E-state index contributed by atoms with van der Waals surface area (Å²) in [4.78, 5) is 26.7. The normalized spacial score (nSPS) is 14.6. The van der Waals surface area contributed by atoms with E-state index in [2.05, 4.69) is 24.1 Å². The van der Waals surface area contributed by atoms with Crippen molar-refractivity contribution in [1.82, 2.24) is 9.62 Å². The maximum absolute atomic E-state index is 12.5. The Morgan fingerprint density at radius 3 is 2.29 bits per heavy atom. The number of hydrogen-bond donors (Lipinski definition) is 1. The summed E-state index contributed by atoms with van der Waals surface area (Å²) in [5, 5.41) is 2.68. The first-order chi connectivity index (χ1) is 13.4. The Hall–Kier alpha value is -2.87. The minimum atomic E-state index is -3.98. The highest BCUT2D eigenvalue weighted by molar-refractivity contribution is 7.90. The van der Waals surface area contributed by atoms with Gasteiger partial charge in [-0.3, -0.25) is 9.59 Å². The van der Waals surface area contributed by atoms with Crippen LogP contribution in [0.5, 0.6) is 0 Å². The van der Waals surface area contributed by atoms with Crippen molar-refractivity contribution in [3.05, 3.63) is 59.7 Å². The molecule has 28 heavy (non-hydrogen) atoms. The van der Waals surface area contributed by atoms with Crippen LogP contribution in [0.3, 0.4) is 0 Å². The first kappa shape index (κ1) is 19.9. The van der Waals surface area contributed by atoms with Gasteiger partial charge in [-0.2, -0.15) is 0 Å². The van der Waals surface area contributed by atoms with Gasteiger partial charge < -0.3 is 10.2 Å². The second-order valence-electron chi connectivity index (χ2n) is 6.43. The molecule has 148 valence electrons. The summed E-state index contributed by atoms with van der Waals surface area (Å²) in [5.41, 5.74) is 2.09. The molecule has 0 saturated heterocycles. The number of nitrogens with one attached hydrogen (secondary N) is 1. The molecule has 7 nitrogen and oxygen atoms in total. The van der Waals surface area contributed by atoms with Crippen molar-refractivity contribution in [3.63, 3.8) is 0 Å². The third kappa shape index (κ3) is 3.73. The molecular weight excluding hydrogens is 378 g/mol. The highest BCUT2D eigenvalue weighted by Gasteiger charge is 2.41. The molecule has 1 heterocycles. The topological polar surface area (TPSA) is 86.8 Å². The molecule has 0 spiro atoms. The number of carbonyl (C=O) groups is 2. The standard InChI is InChI=1S/C20H23N3O4S/c1-3-22(4-2)16-11-9-15(10-12-16)13-21-19(24)14-23-20(25)17-7-5-6-8-18(17)28(23,26)27/h5-12H,3-4,13-14H2,1-2H3,(H,21,24). The first-order valence-corrected chi connectivity index (χ1v) is 10.6. The van der Waals surface area contributed by atoms with E-state index in [9.17, 15) is 18.0 Å². The number of benzene rings is 2. The van der Waals surface area contributed by atoms with Crippen molar-refractivity contribution in [1.29, 1.82) is 0 Å². The lowest BCUT2D eigenvalue weighted by atomic mass is 10.2. The maximum atomic E-state index is 12.5. The van der Waals surface area contributed by atoms with Gasteiger partial charge in [-0.1, -0.05) is 24.3 Å². The SMILES string of the molecule is CCN(CC)c1ccc(CNC(=O)CN2C(=O)c3ccccc3S2(=O)=O)cc1. The lowest BCUT2D eigenvalue weighted by molar-refractivity contribution is -0.121. The first-order valence-electron chi connectivity index (χ1n) is 9.15. The van der Waals surface area contributed by atoms with Crippen molar-refractivity contribution in [2.75, 3.05) is 24.5 Å². The molecule has 2 aromatic rings. The molecule has 8 heteroatoms. The van der Waals surface area contributed by atoms with E-state index < -0.39 is 28.4 Å². The van der Waals surface area contributed by atoms with Crippen LogP contribution in [0.25, 0.3) is 0 Å². The van der Waals surface area contributed by atoms with Gasteiger partial charge in [-0.25, -0.2) is 12.7 Å². The molecule has 0 radical (unpaired) electrons. The number of carbonyl (C=O) groups excluding carboxylic acids is 2. The Kier molecular flexibility index (Phi) is 5.69. The molecule has 2 amide bonds. The average molecular weight is 401 g/mol. The Bertz CT molecular complexity index is 983. The van der Waals surface area contributed by atoms with E-state index in [0.717, 1.165) is 24.3 Å². The van der Waals surface area contributed by atoms with Gasteiger partial charge in [-0.15, -0.1) is 0 Å². The molecule has 0 unspecified atom stereocenters. The lowest BCUT2D eigenvalue weighted by Crippen LogP contribution is -2.40. The summed E-state index contributed by atoms with van der Waals surface area (Å²) >= 11 is 0. The van der Waals surface area contributed by atoms with Gasteiger partial charge in [0.1, 0.15) is 11.4 Å². The van der Waals surface area contributed by atoms with E-state index >= 15 is 0 Å². The summed E-state index contributed by atoms with van der Waals surface area (Å²) < 4.78 is 25.6. The van der Waals surface area contributed by atoms with Gasteiger partial charge in [0.2, 0.25) is 5.91 Å². The number of amides is 2. The highest BCUT2D eigenvalue weighted by Crippen LogP contribution is 2.29. The zero-order chi connectivity index (χ0) is 20.3. The predicted molar refractivity (Wildman–Crippen MR) is 107 cm³/mol. The van der Waals surface area contributed by atoms with Crippen LogP contribution < -0.4 is 10.2 Å². The molecule has 0 saturated carbocycles. The van der Waals surface area contributed by atoms with Crippen LogP contribution in [0.4, 0.5) is 5.69 Å². The minimum Gasteiger partial charge on any atom is -0.372 e. The maximum Gasteiger partial charge on any atom is 0.269 e. The lowest BCUT2D eigenvalue weighted by Gasteiger charge is -2.21. The number of sulfonamides is 1. The summed E-state index contributed by atoms with van der Waals surface area (Å²) in [6.07, 6.45) is 0. The van der Waals surface area contributed by atoms with Crippen LogP contribution in [0, 0.1) is 0 Å². The van der Waals surface area contributed by atoms with Crippen LogP contribution in [0.15, 0.2) is 53.4 Å². The second kappa shape index (κ2) is 8.02. The quantitative estimate of drug-likeness (QED) is 0.767. The largest absolute Gasteiger partial charge is 0.372 e. The van der Waals surface area contributed by atoms with Crippen molar-refractivity contribution in [2.45, 2.75) is 25.3 Å². The van der Waals surface area contributed by atoms with Crippen molar-refractivity contribution in [3.8, 4) is 0 Å². The van der Waals surface area contributed by atoms with Crippen molar-refractivity contribution >= 4 is 27.5 Å². The molecule has 1 aliphatic heterocycles. The molecule has 2 aromatic carbocycles. The smallest absolute Gasteiger partial charge is 0.269 e. The Morgan fingerprint density at radius 1 is 1.04 bits per heavy atom. The molecule has 1 aliphatic rings. The zero-order valence-electron chi connectivity index (χ0n) is 15.9. The van der Waals surface area contributed by atoms with Crippen LogP contribution in [-0.4, -0.2) is 44.2 Å². The summed E-state index contributed by atoms with van der Waals surface area (Å²) in [5.74, 6) is -1.20. The van der Waals surface area contributed by atoms with Crippen LogP contribution in [-0.2, 0) is 21.4 Å². The summed E-state index contributed by atoms with van der Waals surface area (Å²) in [6, 6.07) is 13.8. The Morgan fingerprint density at radius 2 is 1.68 bits per heavy atom. The minimum absolute atomic E-state index is 0.0557. The molecule has 3 rings (SSSR count). The van der Waals surface area contributed by atoms with Gasteiger partial charge in [0, 0.05) is 25.3 Å². The predicted octanol–water partition coefficient (Wildman–Crippen LogP) is 1.99. The number of nitrogens with zero attached hydrogens (tertiary/aromatic N) is 2. The van der Waals surface area contributed by atoms with E-state index in [0.29, 0.717) is 4.31 Å². The van der Waals surface area contributed by atoms with Crippen LogP contribution in [0.1, 0.15) is 29.8 Å². The number of fused-ring (bicyclic) bond motifs is 1. The van der Waals surface area contributed by atoms with Crippen LogP contribution in [0.2, 0.25) is 0 Å². The van der Waals surface area contributed by atoms with Gasteiger partial charge in [-0.05, 0) is 43.7 Å². The third-order valence-corrected chi connectivity index (χ3v) is 6.54. The molecular formula is C20H23N3O4S. The summed E-state index contributed by atoms with van der Waals surface area (Å²) in [7, 11) is -3.98. The van der Waals surface area contributed by atoms with E-state index in [4.69, 9.17) is 0 Å². The average Bonchev–Trinajstić information content (AvgIpc) is 2.89. The highest BCUT2D eigenvalue weighted by atomic mass is 32.2.